The predicted octanol–water partition coefficient (Wildman–Crippen LogP) is 2.33. The first kappa shape index (κ1) is 12.4. The molecule has 88 valence electrons. The van der Waals surface area contributed by atoms with Crippen LogP contribution in [0.3, 0.4) is 0 Å². The molecule has 0 aliphatic carbocycles. The van der Waals surface area contributed by atoms with E-state index in [2.05, 4.69) is 10.1 Å². The molecule has 1 rings (SSSR count). The highest BCUT2D eigenvalue weighted by molar-refractivity contribution is 5.94. The number of carbonyl (C=O) groups is 1. The first-order valence-corrected chi connectivity index (χ1v) is 4.56. The minimum atomic E-state index is -4.72. The number of ether oxygens (including phenoxy) is 1. The summed E-state index contributed by atoms with van der Waals surface area (Å²) in [5.74, 6) is -0.679. The fraction of sp³-hybridized carbons (Fsp3) is 0.300. The van der Waals surface area contributed by atoms with Crippen molar-refractivity contribution in [1.82, 2.24) is 5.32 Å². The van der Waals surface area contributed by atoms with Gasteiger partial charge in [-0.25, -0.2) is 0 Å². The van der Waals surface area contributed by atoms with E-state index >= 15 is 0 Å². The molecule has 0 aromatic heterocycles. The van der Waals surface area contributed by atoms with Gasteiger partial charge in [-0.05, 0) is 31.2 Å². The third kappa shape index (κ3) is 3.80. The molecule has 0 unspecified atom stereocenters. The Kier molecular flexibility index (Phi) is 3.76. The molecule has 0 bridgehead atoms. The number of rotatable bonds is 3. The summed E-state index contributed by atoms with van der Waals surface area (Å²) < 4.78 is 39.1. The van der Waals surface area contributed by atoms with Crippen molar-refractivity contribution in [1.29, 1.82) is 0 Å². The number of benzene rings is 1. The molecule has 1 aromatic rings. The second-order valence-electron chi connectivity index (χ2n) is 2.93. The Labute approximate surface area is 90.2 Å². The van der Waals surface area contributed by atoms with Crippen molar-refractivity contribution in [3.63, 3.8) is 0 Å². The van der Waals surface area contributed by atoms with Gasteiger partial charge in [0, 0.05) is 12.1 Å². The molecule has 0 saturated heterocycles. The number of amides is 1. The zero-order chi connectivity index (χ0) is 12.2. The third-order valence-corrected chi connectivity index (χ3v) is 1.69. The fourth-order valence-electron chi connectivity index (χ4n) is 1.07. The lowest BCUT2D eigenvalue weighted by Gasteiger charge is -2.09. The molecule has 1 N–H and O–H groups in total. The number of carbonyl (C=O) groups excluding carboxylic acids is 1. The van der Waals surface area contributed by atoms with Crippen LogP contribution in [0.2, 0.25) is 0 Å². The maximum absolute atomic E-state index is 11.8. The number of nitrogens with one attached hydrogen (secondary N) is 1. The van der Waals surface area contributed by atoms with Crippen LogP contribution < -0.4 is 10.1 Å². The van der Waals surface area contributed by atoms with Crippen molar-refractivity contribution >= 4 is 5.91 Å². The Morgan fingerprint density at radius 3 is 2.31 bits per heavy atom. The van der Waals surface area contributed by atoms with Crippen molar-refractivity contribution in [2.45, 2.75) is 13.3 Å². The van der Waals surface area contributed by atoms with Crippen LogP contribution in [-0.2, 0) is 0 Å². The SMILES string of the molecule is CCNC(=O)c1ccc(OC(F)(F)F)cc1. The van der Waals surface area contributed by atoms with E-state index in [9.17, 15) is 18.0 Å². The van der Waals surface area contributed by atoms with Crippen molar-refractivity contribution < 1.29 is 22.7 Å². The van der Waals surface area contributed by atoms with E-state index < -0.39 is 6.36 Å². The van der Waals surface area contributed by atoms with Gasteiger partial charge in [0.1, 0.15) is 5.75 Å². The first-order chi connectivity index (χ1) is 7.42. The highest BCUT2D eigenvalue weighted by atomic mass is 19.4. The molecule has 1 aromatic carbocycles. The molecule has 3 nitrogen and oxygen atoms in total. The monoisotopic (exact) mass is 233 g/mol. The summed E-state index contributed by atoms with van der Waals surface area (Å²) in [6.45, 7) is 2.21. The van der Waals surface area contributed by atoms with Gasteiger partial charge in [-0.1, -0.05) is 0 Å². The average molecular weight is 233 g/mol. The van der Waals surface area contributed by atoms with Crippen molar-refractivity contribution in [3.05, 3.63) is 29.8 Å². The molecule has 0 atom stereocenters. The summed E-state index contributed by atoms with van der Waals surface area (Å²) in [4.78, 5) is 11.3. The Hall–Kier alpha value is -1.72. The van der Waals surface area contributed by atoms with E-state index in [-0.39, 0.29) is 17.2 Å². The second kappa shape index (κ2) is 4.87. The van der Waals surface area contributed by atoms with Gasteiger partial charge in [-0.2, -0.15) is 0 Å². The number of hydrogen-bond donors (Lipinski definition) is 1. The molecule has 6 heteroatoms. The molecular weight excluding hydrogens is 223 g/mol. The van der Waals surface area contributed by atoms with Gasteiger partial charge in [-0.15, -0.1) is 13.2 Å². The van der Waals surface area contributed by atoms with Gasteiger partial charge in [-0.3, -0.25) is 4.79 Å². The molecule has 0 spiro atoms. The summed E-state index contributed by atoms with van der Waals surface area (Å²) in [6, 6.07) is 4.73. The Balaban J connectivity index is 2.72. The van der Waals surface area contributed by atoms with E-state index in [1.165, 1.54) is 12.1 Å². The molecule has 0 saturated carbocycles. The molecular formula is C10H10F3NO2. The van der Waals surface area contributed by atoms with Crippen molar-refractivity contribution in [2.75, 3.05) is 6.54 Å². The minimum Gasteiger partial charge on any atom is -0.406 e. The highest BCUT2D eigenvalue weighted by Gasteiger charge is 2.30. The second-order valence-corrected chi connectivity index (χ2v) is 2.93. The topological polar surface area (TPSA) is 38.3 Å². The Bertz CT molecular complexity index is 359. The number of alkyl halides is 3. The normalized spacial score (nSPS) is 11.0. The first-order valence-electron chi connectivity index (χ1n) is 4.56. The zero-order valence-corrected chi connectivity index (χ0v) is 8.47. The van der Waals surface area contributed by atoms with Gasteiger partial charge < -0.3 is 10.1 Å². The summed E-state index contributed by atoms with van der Waals surface area (Å²) in [5.41, 5.74) is 0.288. The van der Waals surface area contributed by atoms with Crippen LogP contribution in [0, 0.1) is 0 Å². The third-order valence-electron chi connectivity index (χ3n) is 1.69. The average Bonchev–Trinajstić information content (AvgIpc) is 2.16. The van der Waals surface area contributed by atoms with Gasteiger partial charge in [0.15, 0.2) is 0 Å². The van der Waals surface area contributed by atoms with E-state index in [1.807, 2.05) is 0 Å². The number of hydrogen-bond acceptors (Lipinski definition) is 2. The van der Waals surface area contributed by atoms with Crippen LogP contribution >= 0.6 is 0 Å². The lowest BCUT2D eigenvalue weighted by atomic mass is 10.2. The van der Waals surface area contributed by atoms with Gasteiger partial charge in [0.05, 0.1) is 0 Å². The fourth-order valence-corrected chi connectivity index (χ4v) is 1.07. The molecule has 0 radical (unpaired) electrons. The largest absolute Gasteiger partial charge is 0.573 e. The predicted molar refractivity (Wildman–Crippen MR) is 51.1 cm³/mol. The lowest BCUT2D eigenvalue weighted by molar-refractivity contribution is -0.274. The standard InChI is InChI=1S/C10H10F3NO2/c1-2-14-9(15)7-3-5-8(6-4-7)16-10(11,12)13/h3-6H,2H2,1H3,(H,14,15). The van der Waals surface area contributed by atoms with Crippen LogP contribution in [-0.4, -0.2) is 18.8 Å². The zero-order valence-electron chi connectivity index (χ0n) is 8.47. The van der Waals surface area contributed by atoms with Crippen LogP contribution in [0.5, 0.6) is 5.75 Å². The summed E-state index contributed by atoms with van der Waals surface area (Å²) in [7, 11) is 0. The highest BCUT2D eigenvalue weighted by Crippen LogP contribution is 2.22. The van der Waals surface area contributed by atoms with E-state index in [4.69, 9.17) is 0 Å². The van der Waals surface area contributed by atoms with Crippen LogP contribution in [0.4, 0.5) is 13.2 Å². The summed E-state index contributed by atoms with van der Waals surface area (Å²) >= 11 is 0. The maximum atomic E-state index is 11.8. The number of halogens is 3. The van der Waals surface area contributed by atoms with Crippen molar-refractivity contribution in [3.8, 4) is 5.75 Å². The van der Waals surface area contributed by atoms with Gasteiger partial charge >= 0.3 is 6.36 Å². The molecule has 0 fully saturated rings. The van der Waals surface area contributed by atoms with Crippen LogP contribution in [0.15, 0.2) is 24.3 Å². The minimum absolute atomic E-state index is 0.288. The Morgan fingerprint density at radius 2 is 1.88 bits per heavy atom. The Morgan fingerprint density at radius 1 is 1.31 bits per heavy atom. The summed E-state index contributed by atoms with van der Waals surface area (Å²) in [6.07, 6.45) is -4.72. The van der Waals surface area contributed by atoms with Crippen LogP contribution in [0.1, 0.15) is 17.3 Å². The molecule has 0 aliphatic rings. The van der Waals surface area contributed by atoms with Gasteiger partial charge in [0.25, 0.3) is 5.91 Å². The molecule has 1 amide bonds. The van der Waals surface area contributed by atoms with Crippen molar-refractivity contribution in [2.24, 2.45) is 0 Å². The van der Waals surface area contributed by atoms with E-state index in [1.54, 1.807) is 6.92 Å². The molecule has 16 heavy (non-hydrogen) atoms. The summed E-state index contributed by atoms with van der Waals surface area (Å²) in [5, 5.41) is 2.53. The van der Waals surface area contributed by atoms with E-state index in [0.717, 1.165) is 12.1 Å². The van der Waals surface area contributed by atoms with E-state index in [0.29, 0.717) is 6.54 Å². The molecule has 0 heterocycles. The quantitative estimate of drug-likeness (QED) is 0.870. The molecule has 0 aliphatic heterocycles. The lowest BCUT2D eigenvalue weighted by Crippen LogP contribution is -2.22. The maximum Gasteiger partial charge on any atom is 0.573 e. The smallest absolute Gasteiger partial charge is 0.406 e. The van der Waals surface area contributed by atoms with Gasteiger partial charge in [0.2, 0.25) is 0 Å². The van der Waals surface area contributed by atoms with Crippen LogP contribution in [0.25, 0.3) is 0 Å².